The standard InChI is InChI=1S/C20H31FN6O/c21-16-5-3-4-15(12-16)20(8-1-2-9-20)14-27-10-6-17(7-11-27)22-19(28)13-18-23-25-26-24-18/h3-5,12,17-18,23-26H,1-2,6-11,13-14H2,(H,22,28). The van der Waals surface area contributed by atoms with E-state index in [1.165, 1.54) is 18.9 Å². The first kappa shape index (κ1) is 19.7. The molecule has 0 spiro atoms. The van der Waals surface area contributed by atoms with Crippen molar-refractivity contribution in [1.82, 2.24) is 32.1 Å². The predicted octanol–water partition coefficient (Wildman–Crippen LogP) is 1.05. The lowest BCUT2D eigenvalue weighted by atomic mass is 9.78. The van der Waals surface area contributed by atoms with Crippen LogP contribution < -0.4 is 27.2 Å². The minimum absolute atomic E-state index is 0.0565. The summed E-state index contributed by atoms with van der Waals surface area (Å²) in [5, 5.41) is 3.16. The van der Waals surface area contributed by atoms with Crippen LogP contribution in [-0.2, 0) is 10.2 Å². The minimum atomic E-state index is -0.137. The molecule has 1 aromatic rings. The van der Waals surface area contributed by atoms with Gasteiger partial charge in [0.25, 0.3) is 0 Å². The van der Waals surface area contributed by atoms with E-state index in [0.717, 1.165) is 50.9 Å². The molecule has 0 bridgehead atoms. The van der Waals surface area contributed by atoms with Crippen LogP contribution in [0.2, 0.25) is 0 Å². The maximum absolute atomic E-state index is 13.8. The first-order valence-electron chi connectivity index (χ1n) is 10.4. The summed E-state index contributed by atoms with van der Waals surface area (Å²) in [6.45, 7) is 2.94. The van der Waals surface area contributed by atoms with Gasteiger partial charge in [0.05, 0.1) is 12.6 Å². The average molecular weight is 391 g/mol. The zero-order valence-corrected chi connectivity index (χ0v) is 16.3. The number of carbonyl (C=O) groups is 1. The Bertz CT molecular complexity index is 666. The smallest absolute Gasteiger partial charge is 0.223 e. The lowest BCUT2D eigenvalue weighted by Crippen LogP contribution is -2.49. The van der Waals surface area contributed by atoms with Crippen molar-refractivity contribution < 1.29 is 9.18 Å². The SMILES string of the molecule is O=C(CC1NNNN1)NC1CCN(CC2(c3cccc(F)c3)CCCC2)CC1. The highest BCUT2D eigenvalue weighted by Crippen LogP contribution is 2.42. The molecule has 2 heterocycles. The number of nitrogens with one attached hydrogen (secondary N) is 5. The Morgan fingerprint density at radius 2 is 1.89 bits per heavy atom. The summed E-state index contributed by atoms with van der Waals surface area (Å²) < 4.78 is 13.8. The van der Waals surface area contributed by atoms with Crippen molar-refractivity contribution in [3.63, 3.8) is 0 Å². The van der Waals surface area contributed by atoms with Crippen molar-refractivity contribution in [2.75, 3.05) is 19.6 Å². The first-order chi connectivity index (χ1) is 13.6. The number of benzene rings is 1. The van der Waals surface area contributed by atoms with Crippen LogP contribution in [0.25, 0.3) is 0 Å². The largest absolute Gasteiger partial charge is 0.353 e. The molecule has 5 N–H and O–H groups in total. The van der Waals surface area contributed by atoms with E-state index in [9.17, 15) is 9.18 Å². The summed E-state index contributed by atoms with van der Waals surface area (Å²) in [5.74, 6) is -0.0807. The Morgan fingerprint density at radius 3 is 2.57 bits per heavy atom. The Hall–Kier alpha value is -1.58. The van der Waals surface area contributed by atoms with Gasteiger partial charge in [-0.25, -0.2) is 15.2 Å². The molecule has 0 aromatic heterocycles. The van der Waals surface area contributed by atoms with Crippen molar-refractivity contribution in [2.45, 2.75) is 62.6 Å². The summed E-state index contributed by atoms with van der Waals surface area (Å²) >= 11 is 0. The molecule has 0 atom stereocenters. The summed E-state index contributed by atoms with van der Waals surface area (Å²) in [4.78, 5) is 14.7. The van der Waals surface area contributed by atoms with E-state index in [1.807, 2.05) is 6.07 Å². The molecule has 1 aliphatic carbocycles. The van der Waals surface area contributed by atoms with Gasteiger partial charge in [-0.3, -0.25) is 4.79 Å². The number of hydrogen-bond acceptors (Lipinski definition) is 6. The number of hydrazine groups is 3. The van der Waals surface area contributed by atoms with Gasteiger partial charge in [-0.05, 0) is 43.4 Å². The lowest BCUT2D eigenvalue weighted by Gasteiger charge is -2.39. The molecule has 3 aliphatic rings. The monoisotopic (exact) mass is 390 g/mol. The van der Waals surface area contributed by atoms with Crippen molar-refractivity contribution in [3.8, 4) is 0 Å². The van der Waals surface area contributed by atoms with Crippen molar-refractivity contribution in [1.29, 1.82) is 0 Å². The third kappa shape index (κ3) is 4.69. The summed E-state index contributed by atoms with van der Waals surface area (Å²) in [7, 11) is 0. The van der Waals surface area contributed by atoms with E-state index in [2.05, 4.69) is 38.2 Å². The Labute approximate surface area is 165 Å². The molecule has 3 fully saturated rings. The number of halogens is 1. The van der Waals surface area contributed by atoms with Crippen LogP contribution in [0, 0.1) is 5.82 Å². The van der Waals surface area contributed by atoms with Gasteiger partial charge in [-0.2, -0.15) is 11.1 Å². The number of nitrogens with zero attached hydrogens (tertiary/aromatic N) is 1. The molecular formula is C20H31FN6O. The van der Waals surface area contributed by atoms with Crippen LogP contribution in [0.1, 0.15) is 50.5 Å². The highest BCUT2D eigenvalue weighted by atomic mass is 19.1. The molecule has 8 heteroatoms. The van der Waals surface area contributed by atoms with Crippen LogP contribution in [-0.4, -0.2) is 42.6 Å². The molecule has 1 saturated carbocycles. The molecule has 2 saturated heterocycles. The fourth-order valence-electron chi connectivity index (χ4n) is 4.93. The number of carbonyl (C=O) groups excluding carboxylic acids is 1. The maximum Gasteiger partial charge on any atom is 0.223 e. The first-order valence-corrected chi connectivity index (χ1v) is 10.4. The fraction of sp³-hybridized carbons (Fsp3) is 0.650. The summed E-state index contributed by atoms with van der Waals surface area (Å²) in [6, 6.07) is 7.43. The van der Waals surface area contributed by atoms with Gasteiger partial charge >= 0.3 is 0 Å². The minimum Gasteiger partial charge on any atom is -0.353 e. The molecular weight excluding hydrogens is 359 g/mol. The topological polar surface area (TPSA) is 80.5 Å². The van der Waals surface area contributed by atoms with E-state index in [0.29, 0.717) is 6.42 Å². The zero-order chi connectivity index (χ0) is 19.4. The number of hydrogen-bond donors (Lipinski definition) is 5. The third-order valence-electron chi connectivity index (χ3n) is 6.42. The Morgan fingerprint density at radius 1 is 1.18 bits per heavy atom. The number of amides is 1. The number of likely N-dealkylation sites (tertiary alicyclic amines) is 1. The van der Waals surface area contributed by atoms with E-state index >= 15 is 0 Å². The van der Waals surface area contributed by atoms with Crippen molar-refractivity contribution >= 4 is 5.91 Å². The third-order valence-corrected chi connectivity index (χ3v) is 6.42. The van der Waals surface area contributed by atoms with Gasteiger partial charge in [-0.1, -0.05) is 25.0 Å². The summed E-state index contributed by atoms with van der Waals surface area (Å²) in [6.07, 6.45) is 6.91. The second-order valence-corrected chi connectivity index (χ2v) is 8.41. The van der Waals surface area contributed by atoms with E-state index in [1.54, 1.807) is 6.07 Å². The lowest BCUT2D eigenvalue weighted by molar-refractivity contribution is -0.122. The maximum atomic E-state index is 13.8. The quantitative estimate of drug-likeness (QED) is 0.500. The Kier molecular flexibility index (Phi) is 6.22. The molecule has 2 aliphatic heterocycles. The highest BCUT2D eigenvalue weighted by Gasteiger charge is 2.38. The molecule has 1 amide bonds. The second kappa shape index (κ2) is 8.84. The van der Waals surface area contributed by atoms with Crippen molar-refractivity contribution in [3.05, 3.63) is 35.6 Å². The predicted molar refractivity (Wildman–Crippen MR) is 105 cm³/mol. The molecule has 7 nitrogen and oxygen atoms in total. The van der Waals surface area contributed by atoms with Gasteiger partial charge in [0, 0.05) is 31.1 Å². The zero-order valence-electron chi connectivity index (χ0n) is 16.3. The van der Waals surface area contributed by atoms with E-state index in [4.69, 9.17) is 0 Å². The van der Waals surface area contributed by atoms with Gasteiger partial charge in [0.1, 0.15) is 5.82 Å². The van der Waals surface area contributed by atoms with Crippen LogP contribution >= 0.6 is 0 Å². The molecule has 0 radical (unpaired) electrons. The molecule has 4 rings (SSSR count). The molecule has 1 aromatic carbocycles. The van der Waals surface area contributed by atoms with Crippen LogP contribution in [0.5, 0.6) is 0 Å². The van der Waals surface area contributed by atoms with Crippen LogP contribution in [0.4, 0.5) is 4.39 Å². The highest BCUT2D eigenvalue weighted by molar-refractivity contribution is 5.76. The van der Waals surface area contributed by atoms with Crippen LogP contribution in [0.3, 0.4) is 0 Å². The van der Waals surface area contributed by atoms with Crippen molar-refractivity contribution in [2.24, 2.45) is 0 Å². The van der Waals surface area contributed by atoms with Gasteiger partial charge in [-0.15, -0.1) is 0 Å². The molecule has 154 valence electrons. The molecule has 28 heavy (non-hydrogen) atoms. The van der Waals surface area contributed by atoms with Gasteiger partial charge in [0.15, 0.2) is 0 Å². The summed E-state index contributed by atoms with van der Waals surface area (Å²) in [5.41, 5.74) is 12.5. The Balaban J connectivity index is 1.29. The normalized spacial score (nSPS) is 23.9. The van der Waals surface area contributed by atoms with E-state index < -0.39 is 0 Å². The number of rotatable bonds is 6. The fourth-order valence-corrected chi connectivity index (χ4v) is 4.93. The van der Waals surface area contributed by atoms with Crippen LogP contribution in [0.15, 0.2) is 24.3 Å². The van der Waals surface area contributed by atoms with E-state index in [-0.39, 0.29) is 29.3 Å². The van der Waals surface area contributed by atoms with Gasteiger partial charge in [0.2, 0.25) is 5.91 Å². The average Bonchev–Trinajstić information content (AvgIpc) is 3.36. The number of piperidine rings is 1. The second-order valence-electron chi connectivity index (χ2n) is 8.41. The molecule has 0 unspecified atom stereocenters. The van der Waals surface area contributed by atoms with Gasteiger partial charge < -0.3 is 10.2 Å².